The third-order valence-electron chi connectivity index (χ3n) is 7.14. The summed E-state index contributed by atoms with van der Waals surface area (Å²) < 4.78 is 21.0. The predicted molar refractivity (Wildman–Crippen MR) is 126 cm³/mol. The monoisotopic (exact) mass is 445 g/mol. The number of allylic oxidation sites excluding steroid dienone is 1. The van der Waals surface area contributed by atoms with Crippen molar-refractivity contribution in [3.63, 3.8) is 0 Å². The number of aromatic nitrogens is 2. The molecule has 33 heavy (non-hydrogen) atoms. The lowest BCUT2D eigenvalue weighted by atomic mass is 9.69. The molecule has 5 nitrogen and oxygen atoms in total. The van der Waals surface area contributed by atoms with Gasteiger partial charge in [-0.1, -0.05) is 30.7 Å². The molecule has 0 radical (unpaired) electrons. The van der Waals surface area contributed by atoms with Gasteiger partial charge < -0.3 is 9.64 Å². The van der Waals surface area contributed by atoms with E-state index in [1.807, 2.05) is 48.3 Å². The van der Waals surface area contributed by atoms with Gasteiger partial charge in [-0.05, 0) is 67.3 Å². The van der Waals surface area contributed by atoms with Crippen molar-refractivity contribution in [2.24, 2.45) is 11.3 Å². The molecule has 1 heterocycles. The number of nitrogens with zero attached hydrogens (tertiary/aromatic N) is 3. The second-order valence-electron chi connectivity index (χ2n) is 9.22. The Morgan fingerprint density at radius 1 is 1.21 bits per heavy atom. The fraction of sp³-hybridized carbons (Fsp3) is 0.333. The number of halogens is 1. The summed E-state index contributed by atoms with van der Waals surface area (Å²) in [4.78, 5) is 15.2. The number of hydrogen-bond acceptors (Lipinski definition) is 3. The molecular formula is C27H28FN3O2. The topological polar surface area (TPSA) is 47.4 Å². The average molecular weight is 446 g/mol. The highest BCUT2D eigenvalue weighted by Gasteiger charge is 2.49. The van der Waals surface area contributed by atoms with Crippen molar-refractivity contribution in [3.05, 3.63) is 83.4 Å². The zero-order valence-corrected chi connectivity index (χ0v) is 19.0. The minimum absolute atomic E-state index is 0.0622. The Labute approximate surface area is 193 Å². The number of likely N-dealkylation sites (N-methyl/N-ethyl adjacent to an activating group) is 1. The minimum Gasteiger partial charge on any atom is -0.492 e. The average Bonchev–Trinajstić information content (AvgIpc) is 3.37. The van der Waals surface area contributed by atoms with Gasteiger partial charge in [-0.3, -0.25) is 4.79 Å². The fourth-order valence-electron chi connectivity index (χ4n) is 5.22. The number of para-hydroxylation sites is 1. The summed E-state index contributed by atoms with van der Waals surface area (Å²) in [6, 6.07) is 16.0. The summed E-state index contributed by atoms with van der Waals surface area (Å²) in [5, 5.41) is 4.57. The van der Waals surface area contributed by atoms with E-state index < -0.39 is 0 Å². The van der Waals surface area contributed by atoms with Crippen molar-refractivity contribution >= 4 is 12.0 Å². The van der Waals surface area contributed by atoms with Gasteiger partial charge in [-0.15, -0.1) is 0 Å². The molecule has 170 valence electrons. The first-order chi connectivity index (χ1) is 16.0. The first kappa shape index (κ1) is 21.4. The first-order valence-electron chi connectivity index (χ1n) is 11.4. The van der Waals surface area contributed by atoms with E-state index in [-0.39, 0.29) is 23.1 Å². The highest BCUT2D eigenvalue weighted by molar-refractivity contribution is 5.82. The van der Waals surface area contributed by atoms with Crippen molar-refractivity contribution in [1.82, 2.24) is 14.7 Å². The summed E-state index contributed by atoms with van der Waals surface area (Å²) in [6.07, 6.45) is 6.60. The van der Waals surface area contributed by atoms with Crippen LogP contribution in [0.4, 0.5) is 4.39 Å². The largest absolute Gasteiger partial charge is 0.492 e. The molecule has 0 N–H and O–H groups in total. The number of rotatable bonds is 6. The SMILES string of the molecule is CN(CCOc1ccccc1)C(=O)[C@H]1CCC2=Cc3c(cnn3-c3ccc(F)cc3)C[C@@]21C. The van der Waals surface area contributed by atoms with Crippen LogP contribution in [0, 0.1) is 17.2 Å². The Bertz CT molecular complexity index is 1190. The lowest BCUT2D eigenvalue weighted by molar-refractivity contribution is -0.137. The highest BCUT2D eigenvalue weighted by atomic mass is 19.1. The van der Waals surface area contributed by atoms with Gasteiger partial charge in [-0.2, -0.15) is 5.10 Å². The summed E-state index contributed by atoms with van der Waals surface area (Å²) in [6.45, 7) is 3.22. The number of fused-ring (bicyclic) bond motifs is 2. The van der Waals surface area contributed by atoms with Crippen LogP contribution in [0.15, 0.2) is 66.4 Å². The van der Waals surface area contributed by atoms with Crippen molar-refractivity contribution in [2.45, 2.75) is 26.2 Å². The molecule has 0 spiro atoms. The van der Waals surface area contributed by atoms with E-state index >= 15 is 0 Å². The van der Waals surface area contributed by atoms with Gasteiger partial charge in [0.15, 0.2) is 0 Å². The molecule has 1 amide bonds. The van der Waals surface area contributed by atoms with Crippen molar-refractivity contribution < 1.29 is 13.9 Å². The molecule has 3 aromatic rings. The molecule has 1 saturated carbocycles. The van der Waals surface area contributed by atoms with Crippen LogP contribution < -0.4 is 4.74 Å². The van der Waals surface area contributed by atoms with Gasteiger partial charge in [0.2, 0.25) is 5.91 Å². The number of ether oxygens (including phenoxy) is 1. The van der Waals surface area contributed by atoms with Crippen molar-refractivity contribution in [2.75, 3.05) is 20.2 Å². The van der Waals surface area contributed by atoms with E-state index in [2.05, 4.69) is 18.1 Å². The van der Waals surface area contributed by atoms with Crippen LogP contribution in [0.1, 0.15) is 31.0 Å². The Hall–Kier alpha value is -3.41. The number of hydrogen-bond donors (Lipinski definition) is 0. The van der Waals surface area contributed by atoms with E-state index in [1.165, 1.54) is 17.7 Å². The highest BCUT2D eigenvalue weighted by Crippen LogP contribution is 2.53. The van der Waals surface area contributed by atoms with E-state index in [4.69, 9.17) is 4.74 Å². The molecular weight excluding hydrogens is 417 g/mol. The lowest BCUT2D eigenvalue weighted by Crippen LogP contribution is -2.42. The third-order valence-corrected chi connectivity index (χ3v) is 7.14. The molecule has 2 atom stereocenters. The maximum atomic E-state index is 13.4. The van der Waals surface area contributed by atoms with Crippen molar-refractivity contribution in [1.29, 1.82) is 0 Å². The molecule has 0 saturated heterocycles. The van der Waals surface area contributed by atoms with Gasteiger partial charge in [0.05, 0.1) is 24.1 Å². The Morgan fingerprint density at radius 3 is 2.73 bits per heavy atom. The first-order valence-corrected chi connectivity index (χ1v) is 11.4. The second kappa shape index (κ2) is 8.50. The van der Waals surface area contributed by atoms with Gasteiger partial charge in [0.25, 0.3) is 0 Å². The van der Waals surface area contributed by atoms with Gasteiger partial charge in [0, 0.05) is 18.4 Å². The minimum atomic E-state index is -0.263. The van der Waals surface area contributed by atoms with E-state index in [0.717, 1.165) is 42.0 Å². The standard InChI is InChI=1S/C27H28FN3O2/c1-27-17-19-18-29-31(22-11-9-21(28)10-12-22)25(19)16-20(27)8-13-24(27)26(32)30(2)14-15-33-23-6-4-3-5-7-23/h3-7,9-12,16,18,24H,8,13-15,17H2,1-2H3/t24-,27+/m1/s1. The summed E-state index contributed by atoms with van der Waals surface area (Å²) in [5.74, 6) is 0.662. The fourth-order valence-corrected chi connectivity index (χ4v) is 5.22. The molecule has 0 unspecified atom stereocenters. The summed E-state index contributed by atoms with van der Waals surface area (Å²) in [7, 11) is 1.86. The van der Waals surface area contributed by atoms with Gasteiger partial charge in [-0.25, -0.2) is 9.07 Å². The molecule has 0 bridgehead atoms. The lowest BCUT2D eigenvalue weighted by Gasteiger charge is -2.36. The molecule has 1 aromatic heterocycles. The number of amides is 1. The van der Waals surface area contributed by atoms with E-state index in [0.29, 0.717) is 13.2 Å². The van der Waals surface area contributed by atoms with Gasteiger partial charge >= 0.3 is 0 Å². The zero-order valence-electron chi connectivity index (χ0n) is 19.0. The smallest absolute Gasteiger partial charge is 0.226 e. The van der Waals surface area contributed by atoms with Crippen LogP contribution in [0.3, 0.4) is 0 Å². The molecule has 5 rings (SSSR count). The Balaban J connectivity index is 1.30. The molecule has 2 aliphatic carbocycles. The van der Waals surface area contributed by atoms with Crippen LogP contribution in [0.25, 0.3) is 11.8 Å². The molecule has 1 fully saturated rings. The van der Waals surface area contributed by atoms with Gasteiger partial charge in [0.1, 0.15) is 18.2 Å². The zero-order chi connectivity index (χ0) is 23.0. The Morgan fingerprint density at radius 2 is 1.97 bits per heavy atom. The van der Waals surface area contributed by atoms with E-state index in [9.17, 15) is 9.18 Å². The number of carbonyl (C=O) groups is 1. The normalized spacial score (nSPS) is 21.2. The maximum Gasteiger partial charge on any atom is 0.226 e. The third kappa shape index (κ3) is 3.94. The Kier molecular flexibility index (Phi) is 5.52. The molecule has 2 aliphatic rings. The second-order valence-corrected chi connectivity index (χ2v) is 9.22. The summed E-state index contributed by atoms with van der Waals surface area (Å²) in [5.41, 5.74) is 4.08. The molecule has 6 heteroatoms. The summed E-state index contributed by atoms with van der Waals surface area (Å²) >= 11 is 0. The van der Waals surface area contributed by atoms with Crippen LogP contribution in [-0.2, 0) is 11.2 Å². The maximum absolute atomic E-state index is 13.4. The van der Waals surface area contributed by atoms with E-state index in [1.54, 1.807) is 17.0 Å². The van der Waals surface area contributed by atoms with Crippen LogP contribution in [-0.4, -0.2) is 40.8 Å². The molecule has 2 aromatic carbocycles. The quantitative estimate of drug-likeness (QED) is 0.542. The van der Waals surface area contributed by atoms with Crippen LogP contribution >= 0.6 is 0 Å². The number of benzene rings is 2. The van der Waals surface area contributed by atoms with Crippen molar-refractivity contribution in [3.8, 4) is 11.4 Å². The predicted octanol–water partition coefficient (Wildman–Crippen LogP) is 4.90. The number of carbonyl (C=O) groups excluding carboxylic acids is 1. The molecule has 0 aliphatic heterocycles. The van der Waals surface area contributed by atoms with Crippen LogP contribution in [0.5, 0.6) is 5.75 Å². The van der Waals surface area contributed by atoms with Crippen LogP contribution in [0.2, 0.25) is 0 Å².